The van der Waals surface area contributed by atoms with Crippen LogP contribution in [0.5, 0.6) is 0 Å². The lowest BCUT2D eigenvalue weighted by Gasteiger charge is -2.36. The third-order valence-corrected chi connectivity index (χ3v) is 3.91. The lowest BCUT2D eigenvalue weighted by Crippen LogP contribution is -2.49. The van der Waals surface area contributed by atoms with E-state index in [1.54, 1.807) is 9.80 Å². The number of hydrogen-bond acceptors (Lipinski definition) is 3. The molecule has 1 saturated carbocycles. The summed E-state index contributed by atoms with van der Waals surface area (Å²) in [6.45, 7) is 1.70. The first kappa shape index (κ1) is 14.2. The maximum absolute atomic E-state index is 13.0. The van der Waals surface area contributed by atoms with Gasteiger partial charge in [0.25, 0.3) is 0 Å². The van der Waals surface area contributed by atoms with Crippen LogP contribution in [0.15, 0.2) is 18.3 Å². The van der Waals surface area contributed by atoms with E-state index < -0.39 is 11.7 Å². The quantitative estimate of drug-likeness (QED) is 0.839. The van der Waals surface area contributed by atoms with Crippen LogP contribution in [0.1, 0.15) is 18.4 Å². The number of piperazine rings is 1. The molecule has 0 unspecified atom stereocenters. The highest BCUT2D eigenvalue weighted by molar-refractivity contribution is 5.81. The van der Waals surface area contributed by atoms with Gasteiger partial charge in [-0.1, -0.05) is 0 Å². The Morgan fingerprint density at radius 2 is 1.86 bits per heavy atom. The van der Waals surface area contributed by atoms with Crippen molar-refractivity contribution in [3.8, 4) is 0 Å². The first-order valence-corrected chi connectivity index (χ1v) is 7.03. The minimum atomic E-state index is -4.41. The van der Waals surface area contributed by atoms with E-state index in [0.29, 0.717) is 26.2 Å². The average Bonchev–Trinajstić information content (AvgIpc) is 3.30. The molecule has 1 aromatic heterocycles. The predicted molar refractivity (Wildman–Crippen MR) is 70.8 cm³/mol. The van der Waals surface area contributed by atoms with E-state index >= 15 is 0 Å². The summed E-state index contributed by atoms with van der Waals surface area (Å²) in [5.74, 6) is 0.257. The van der Waals surface area contributed by atoms with E-state index in [4.69, 9.17) is 0 Å². The third kappa shape index (κ3) is 2.96. The van der Waals surface area contributed by atoms with Crippen LogP contribution < -0.4 is 4.90 Å². The minimum absolute atomic E-state index is 0.0384. The maximum atomic E-state index is 13.0. The van der Waals surface area contributed by atoms with E-state index in [1.807, 2.05) is 0 Å². The summed E-state index contributed by atoms with van der Waals surface area (Å²) in [6, 6.07) is 2.34. The minimum Gasteiger partial charge on any atom is -0.353 e. The molecule has 1 aliphatic carbocycles. The highest BCUT2D eigenvalue weighted by Gasteiger charge is 2.38. The van der Waals surface area contributed by atoms with Crippen LogP contribution in [-0.4, -0.2) is 42.0 Å². The maximum Gasteiger partial charge on any atom is 0.419 e. The summed E-state index contributed by atoms with van der Waals surface area (Å²) in [5, 5.41) is 0. The van der Waals surface area contributed by atoms with Crippen molar-refractivity contribution < 1.29 is 18.0 Å². The van der Waals surface area contributed by atoms with Gasteiger partial charge in [0.05, 0.1) is 5.56 Å². The highest BCUT2D eigenvalue weighted by Crippen LogP contribution is 2.36. The average molecular weight is 299 g/mol. The molecule has 0 atom stereocenters. The molecule has 0 aromatic carbocycles. The van der Waals surface area contributed by atoms with Gasteiger partial charge in [-0.2, -0.15) is 13.2 Å². The number of rotatable bonds is 2. The van der Waals surface area contributed by atoms with E-state index in [1.165, 1.54) is 12.3 Å². The fourth-order valence-electron chi connectivity index (χ4n) is 2.60. The van der Waals surface area contributed by atoms with Crippen LogP contribution in [0.2, 0.25) is 0 Å². The second-order valence-corrected chi connectivity index (χ2v) is 5.46. The molecular formula is C14H16F3N3O. The standard InChI is InChI=1S/C14H16F3N3O/c15-14(16,17)11-2-1-5-18-12(11)19-6-8-20(9-7-19)13(21)10-3-4-10/h1-2,5,10H,3-4,6-9H2. The molecule has 114 valence electrons. The van der Waals surface area contributed by atoms with Crippen LogP contribution in [0.4, 0.5) is 19.0 Å². The van der Waals surface area contributed by atoms with Gasteiger partial charge in [-0.05, 0) is 25.0 Å². The Labute approximate surface area is 120 Å². The number of carbonyl (C=O) groups excluding carboxylic acids is 1. The molecule has 1 aliphatic heterocycles. The van der Waals surface area contributed by atoms with Gasteiger partial charge in [0.1, 0.15) is 5.82 Å². The Bertz CT molecular complexity index is 535. The van der Waals surface area contributed by atoms with Crippen molar-refractivity contribution in [2.45, 2.75) is 19.0 Å². The first-order chi connectivity index (χ1) is 9.97. The van der Waals surface area contributed by atoms with E-state index in [0.717, 1.165) is 18.9 Å². The number of alkyl halides is 3. The molecule has 4 nitrogen and oxygen atoms in total. The van der Waals surface area contributed by atoms with Crippen LogP contribution >= 0.6 is 0 Å². The largest absolute Gasteiger partial charge is 0.419 e. The molecule has 2 heterocycles. The van der Waals surface area contributed by atoms with Crippen molar-refractivity contribution in [2.24, 2.45) is 5.92 Å². The number of carbonyl (C=O) groups is 1. The predicted octanol–water partition coefficient (Wildman–Crippen LogP) is 2.16. The van der Waals surface area contributed by atoms with Gasteiger partial charge in [0, 0.05) is 38.3 Å². The van der Waals surface area contributed by atoms with Gasteiger partial charge in [0.15, 0.2) is 0 Å². The van der Waals surface area contributed by atoms with Crippen LogP contribution in [0.25, 0.3) is 0 Å². The zero-order chi connectivity index (χ0) is 15.0. The van der Waals surface area contributed by atoms with Gasteiger partial charge in [-0.25, -0.2) is 4.98 Å². The van der Waals surface area contributed by atoms with Crippen molar-refractivity contribution in [3.05, 3.63) is 23.9 Å². The lowest BCUT2D eigenvalue weighted by molar-refractivity contribution is -0.137. The zero-order valence-corrected chi connectivity index (χ0v) is 11.4. The molecule has 1 aromatic rings. The second-order valence-electron chi connectivity index (χ2n) is 5.46. The van der Waals surface area contributed by atoms with E-state index in [2.05, 4.69) is 4.98 Å². The second kappa shape index (κ2) is 5.20. The van der Waals surface area contributed by atoms with Crippen LogP contribution in [0, 0.1) is 5.92 Å². The summed E-state index contributed by atoms with van der Waals surface area (Å²) in [6.07, 6.45) is -1.16. The normalized spacial score (nSPS) is 19.8. The van der Waals surface area contributed by atoms with Crippen molar-refractivity contribution in [1.82, 2.24) is 9.88 Å². The summed E-state index contributed by atoms with van der Waals surface area (Å²) in [5.41, 5.74) is -0.716. The SMILES string of the molecule is O=C(C1CC1)N1CCN(c2ncccc2C(F)(F)F)CC1. The molecule has 1 saturated heterocycles. The van der Waals surface area contributed by atoms with Gasteiger partial charge >= 0.3 is 6.18 Å². The fourth-order valence-corrected chi connectivity index (χ4v) is 2.60. The monoisotopic (exact) mass is 299 g/mol. The molecule has 21 heavy (non-hydrogen) atoms. The summed E-state index contributed by atoms with van der Waals surface area (Å²) >= 11 is 0. The molecule has 3 rings (SSSR count). The third-order valence-electron chi connectivity index (χ3n) is 3.91. The molecule has 0 bridgehead atoms. The van der Waals surface area contributed by atoms with Crippen LogP contribution in [0.3, 0.4) is 0 Å². The van der Waals surface area contributed by atoms with Gasteiger partial charge in [-0.3, -0.25) is 4.79 Å². The number of halogens is 3. The Balaban J connectivity index is 1.71. The highest BCUT2D eigenvalue weighted by atomic mass is 19.4. The molecule has 7 heteroatoms. The first-order valence-electron chi connectivity index (χ1n) is 7.03. The number of pyridine rings is 1. The molecule has 0 spiro atoms. The molecule has 0 N–H and O–H groups in total. The van der Waals surface area contributed by atoms with E-state index in [-0.39, 0.29) is 17.6 Å². The molecule has 0 radical (unpaired) electrons. The van der Waals surface area contributed by atoms with Gasteiger partial charge in [-0.15, -0.1) is 0 Å². The molecular weight excluding hydrogens is 283 g/mol. The zero-order valence-electron chi connectivity index (χ0n) is 11.4. The summed E-state index contributed by atoms with van der Waals surface area (Å²) in [7, 11) is 0. The number of nitrogens with zero attached hydrogens (tertiary/aromatic N) is 3. The number of anilines is 1. The lowest BCUT2D eigenvalue weighted by atomic mass is 10.2. The Morgan fingerprint density at radius 1 is 1.19 bits per heavy atom. The molecule has 2 fully saturated rings. The Kier molecular flexibility index (Phi) is 3.51. The van der Waals surface area contributed by atoms with Crippen LogP contribution in [-0.2, 0) is 11.0 Å². The van der Waals surface area contributed by atoms with Crippen molar-refractivity contribution >= 4 is 11.7 Å². The number of hydrogen-bond donors (Lipinski definition) is 0. The topological polar surface area (TPSA) is 36.4 Å². The smallest absolute Gasteiger partial charge is 0.353 e. The molecule has 2 aliphatic rings. The summed E-state index contributed by atoms with van der Waals surface area (Å²) in [4.78, 5) is 19.2. The number of aromatic nitrogens is 1. The molecule has 1 amide bonds. The van der Waals surface area contributed by atoms with Crippen molar-refractivity contribution in [3.63, 3.8) is 0 Å². The Hall–Kier alpha value is -1.79. The van der Waals surface area contributed by atoms with E-state index in [9.17, 15) is 18.0 Å². The number of amides is 1. The summed E-state index contributed by atoms with van der Waals surface area (Å²) < 4.78 is 39.0. The fraction of sp³-hybridized carbons (Fsp3) is 0.571. The van der Waals surface area contributed by atoms with Gasteiger partial charge < -0.3 is 9.80 Å². The van der Waals surface area contributed by atoms with Crippen molar-refractivity contribution in [2.75, 3.05) is 31.1 Å². The Morgan fingerprint density at radius 3 is 2.43 bits per heavy atom. The van der Waals surface area contributed by atoms with Gasteiger partial charge in [0.2, 0.25) is 5.91 Å². The van der Waals surface area contributed by atoms with Crippen molar-refractivity contribution in [1.29, 1.82) is 0 Å².